The largest absolute Gasteiger partial charge is 0.346 e. The molecule has 0 heterocycles. The molecule has 25 heavy (non-hydrogen) atoms. The summed E-state index contributed by atoms with van der Waals surface area (Å²) in [6, 6.07) is 10.9. The highest BCUT2D eigenvalue weighted by atomic mass is 32.2. The van der Waals surface area contributed by atoms with Crippen molar-refractivity contribution >= 4 is 21.6 Å². The minimum absolute atomic E-state index is 0.123. The van der Waals surface area contributed by atoms with Crippen LogP contribution in [-0.2, 0) is 10.0 Å². The normalized spacial score (nSPS) is 12.5. The third kappa shape index (κ3) is 5.06. The molecule has 2 aromatic rings. The molecule has 0 bridgehead atoms. The molecule has 1 amide bonds. The minimum Gasteiger partial charge on any atom is -0.346 e. The number of aryl methyl sites for hydroxylation is 3. The van der Waals surface area contributed by atoms with Crippen molar-refractivity contribution in [2.75, 3.05) is 11.0 Å². The van der Waals surface area contributed by atoms with Crippen molar-refractivity contribution in [1.82, 2.24) is 5.32 Å². The number of amides is 1. The van der Waals surface area contributed by atoms with Gasteiger partial charge in [-0.2, -0.15) is 0 Å². The molecule has 0 aliphatic heterocycles. The van der Waals surface area contributed by atoms with E-state index in [0.29, 0.717) is 16.8 Å². The summed E-state index contributed by atoms with van der Waals surface area (Å²) in [5.41, 5.74) is 5.05. The Labute approximate surface area is 149 Å². The third-order valence-electron chi connectivity index (χ3n) is 4.02. The van der Waals surface area contributed by atoms with Crippen LogP contribution in [0.4, 0.5) is 5.69 Å². The van der Waals surface area contributed by atoms with Gasteiger partial charge in [0.15, 0.2) is 0 Å². The van der Waals surface area contributed by atoms with E-state index in [4.69, 9.17) is 0 Å². The molecule has 0 spiro atoms. The molecule has 5 nitrogen and oxygen atoms in total. The van der Waals surface area contributed by atoms with Crippen molar-refractivity contribution in [3.63, 3.8) is 0 Å². The Balaban J connectivity index is 2.16. The van der Waals surface area contributed by atoms with E-state index in [1.54, 1.807) is 25.1 Å². The fraction of sp³-hybridized carbons (Fsp3) is 0.316. The number of hydrogen-bond acceptors (Lipinski definition) is 3. The molecule has 0 aliphatic carbocycles. The van der Waals surface area contributed by atoms with Crippen LogP contribution in [0, 0.1) is 20.8 Å². The lowest BCUT2D eigenvalue weighted by atomic mass is 10.00. The van der Waals surface area contributed by atoms with Crippen molar-refractivity contribution in [2.45, 2.75) is 33.7 Å². The second kappa shape index (κ2) is 7.27. The second-order valence-corrected chi connectivity index (χ2v) is 8.21. The second-order valence-electron chi connectivity index (χ2n) is 6.46. The molecule has 2 rings (SSSR count). The summed E-state index contributed by atoms with van der Waals surface area (Å²) in [7, 11) is -3.35. The maximum Gasteiger partial charge on any atom is 0.251 e. The standard InChI is InChI=1S/C19H24N2O3S/c1-12-6-8-17(13(2)10-12)15(4)20-19(22)16-7-9-18(14(3)11-16)21-25(5,23)24/h6-11,15,21H,1-5H3,(H,20,22)/t15-/m0/s1. The van der Waals surface area contributed by atoms with Gasteiger partial charge >= 0.3 is 0 Å². The van der Waals surface area contributed by atoms with Crippen LogP contribution >= 0.6 is 0 Å². The van der Waals surface area contributed by atoms with E-state index in [1.807, 2.05) is 32.9 Å². The van der Waals surface area contributed by atoms with Gasteiger partial charge in [-0.15, -0.1) is 0 Å². The number of anilines is 1. The van der Waals surface area contributed by atoms with Crippen LogP contribution in [0.15, 0.2) is 36.4 Å². The first-order valence-corrected chi connectivity index (χ1v) is 9.92. The Morgan fingerprint density at radius 1 is 1.00 bits per heavy atom. The summed E-state index contributed by atoms with van der Waals surface area (Å²) >= 11 is 0. The van der Waals surface area contributed by atoms with Gasteiger partial charge in [0, 0.05) is 5.56 Å². The Hall–Kier alpha value is -2.34. The SMILES string of the molecule is Cc1ccc([C@H](C)NC(=O)c2ccc(NS(C)(=O)=O)c(C)c2)c(C)c1. The molecule has 6 heteroatoms. The van der Waals surface area contributed by atoms with Crippen LogP contribution in [-0.4, -0.2) is 20.6 Å². The zero-order valence-electron chi connectivity index (χ0n) is 15.2. The molecule has 0 fully saturated rings. The number of sulfonamides is 1. The topological polar surface area (TPSA) is 75.3 Å². The third-order valence-corrected chi connectivity index (χ3v) is 4.61. The summed E-state index contributed by atoms with van der Waals surface area (Å²) in [5.74, 6) is -0.193. The number of carbonyl (C=O) groups is 1. The highest BCUT2D eigenvalue weighted by Crippen LogP contribution is 2.21. The predicted molar refractivity (Wildman–Crippen MR) is 101 cm³/mol. The van der Waals surface area contributed by atoms with Gasteiger partial charge in [-0.3, -0.25) is 9.52 Å². The van der Waals surface area contributed by atoms with Crippen molar-refractivity contribution in [3.05, 3.63) is 64.2 Å². The van der Waals surface area contributed by atoms with Gasteiger partial charge in [0.1, 0.15) is 0 Å². The molecule has 2 N–H and O–H groups in total. The first kappa shape index (κ1) is 19.0. The zero-order chi connectivity index (χ0) is 18.8. The quantitative estimate of drug-likeness (QED) is 0.857. The van der Waals surface area contributed by atoms with Crippen LogP contribution in [0.1, 0.15) is 45.6 Å². The molecule has 1 atom stereocenters. The molecular formula is C19H24N2O3S. The average molecular weight is 360 g/mol. The maximum absolute atomic E-state index is 12.5. The number of carbonyl (C=O) groups excluding carboxylic acids is 1. The Morgan fingerprint density at radius 3 is 2.24 bits per heavy atom. The van der Waals surface area contributed by atoms with Crippen LogP contribution in [0.5, 0.6) is 0 Å². The Kier molecular flexibility index (Phi) is 5.52. The van der Waals surface area contributed by atoms with Crippen LogP contribution in [0.2, 0.25) is 0 Å². The molecule has 2 aromatic carbocycles. The van der Waals surface area contributed by atoms with Gasteiger partial charge < -0.3 is 5.32 Å². The average Bonchev–Trinajstić information content (AvgIpc) is 2.47. The first-order chi connectivity index (χ1) is 11.6. The lowest BCUT2D eigenvalue weighted by molar-refractivity contribution is 0.0939. The van der Waals surface area contributed by atoms with E-state index in [0.717, 1.165) is 17.4 Å². The van der Waals surface area contributed by atoms with Gasteiger partial charge in [-0.05, 0) is 62.6 Å². The number of nitrogens with one attached hydrogen (secondary N) is 2. The van der Waals surface area contributed by atoms with E-state index in [2.05, 4.69) is 16.1 Å². The zero-order valence-corrected chi connectivity index (χ0v) is 16.0. The van der Waals surface area contributed by atoms with Gasteiger partial charge in [0.05, 0.1) is 18.0 Å². The molecule has 0 saturated heterocycles. The van der Waals surface area contributed by atoms with Gasteiger partial charge in [0.2, 0.25) is 10.0 Å². The van der Waals surface area contributed by atoms with E-state index >= 15 is 0 Å². The Morgan fingerprint density at radius 2 is 1.68 bits per heavy atom. The molecule has 0 saturated carbocycles. The predicted octanol–water partition coefficient (Wildman–Crippen LogP) is 3.47. The van der Waals surface area contributed by atoms with Crippen LogP contribution in [0.3, 0.4) is 0 Å². The Bertz CT molecular complexity index is 905. The van der Waals surface area contributed by atoms with E-state index < -0.39 is 10.0 Å². The van der Waals surface area contributed by atoms with Crippen LogP contribution < -0.4 is 10.0 Å². The molecule has 0 unspecified atom stereocenters. The van der Waals surface area contributed by atoms with Crippen molar-refractivity contribution in [3.8, 4) is 0 Å². The molecule has 0 radical (unpaired) electrons. The summed E-state index contributed by atoms with van der Waals surface area (Å²) in [5, 5.41) is 2.99. The highest BCUT2D eigenvalue weighted by molar-refractivity contribution is 7.92. The minimum atomic E-state index is -3.35. The fourth-order valence-electron chi connectivity index (χ4n) is 2.79. The van der Waals surface area contributed by atoms with E-state index in [-0.39, 0.29) is 11.9 Å². The lowest BCUT2D eigenvalue weighted by Crippen LogP contribution is -2.27. The highest BCUT2D eigenvalue weighted by Gasteiger charge is 2.14. The number of rotatable bonds is 5. The summed E-state index contributed by atoms with van der Waals surface area (Å²) in [4.78, 5) is 12.5. The van der Waals surface area contributed by atoms with E-state index in [1.165, 1.54) is 5.56 Å². The van der Waals surface area contributed by atoms with Gasteiger partial charge in [-0.25, -0.2) is 8.42 Å². The van der Waals surface area contributed by atoms with E-state index in [9.17, 15) is 13.2 Å². The molecule has 134 valence electrons. The number of benzene rings is 2. The van der Waals surface area contributed by atoms with Crippen LogP contribution in [0.25, 0.3) is 0 Å². The molecule has 0 aliphatic rings. The smallest absolute Gasteiger partial charge is 0.251 e. The molecular weight excluding hydrogens is 336 g/mol. The summed E-state index contributed by atoms with van der Waals surface area (Å²) < 4.78 is 25.1. The number of hydrogen-bond donors (Lipinski definition) is 2. The summed E-state index contributed by atoms with van der Waals surface area (Å²) in [6.07, 6.45) is 1.10. The first-order valence-electron chi connectivity index (χ1n) is 8.03. The van der Waals surface area contributed by atoms with Crippen molar-refractivity contribution < 1.29 is 13.2 Å². The fourth-order valence-corrected chi connectivity index (χ4v) is 3.42. The maximum atomic E-state index is 12.5. The van der Waals surface area contributed by atoms with Crippen molar-refractivity contribution in [2.24, 2.45) is 0 Å². The van der Waals surface area contributed by atoms with Crippen molar-refractivity contribution in [1.29, 1.82) is 0 Å². The molecule has 0 aromatic heterocycles. The summed E-state index contributed by atoms with van der Waals surface area (Å²) in [6.45, 7) is 7.77. The van der Waals surface area contributed by atoms with Gasteiger partial charge in [-0.1, -0.05) is 23.8 Å². The monoisotopic (exact) mass is 360 g/mol. The van der Waals surface area contributed by atoms with Gasteiger partial charge in [0.25, 0.3) is 5.91 Å². The lowest BCUT2D eigenvalue weighted by Gasteiger charge is -2.18.